The first-order valence-electron chi connectivity index (χ1n) is 7.90. The molecular formula is C17H27N3O. The van der Waals surface area contributed by atoms with Crippen molar-refractivity contribution in [2.45, 2.75) is 26.2 Å². The Bertz CT molecular complexity index is 455. The number of carbonyl (C=O) groups excluding carboxylic acids is 1. The molecule has 1 amide bonds. The summed E-state index contributed by atoms with van der Waals surface area (Å²) in [5.41, 5.74) is 2.01. The Morgan fingerprint density at radius 3 is 2.76 bits per heavy atom. The molecule has 21 heavy (non-hydrogen) atoms. The van der Waals surface area contributed by atoms with Gasteiger partial charge in [0.05, 0.1) is 6.54 Å². The van der Waals surface area contributed by atoms with Crippen LogP contribution >= 0.6 is 0 Å². The van der Waals surface area contributed by atoms with Crippen LogP contribution in [0.15, 0.2) is 24.3 Å². The van der Waals surface area contributed by atoms with E-state index in [1.165, 1.54) is 19.3 Å². The molecule has 0 aromatic heterocycles. The molecule has 0 aliphatic carbocycles. The van der Waals surface area contributed by atoms with Crippen molar-refractivity contribution in [1.29, 1.82) is 0 Å². The monoisotopic (exact) mass is 289 g/mol. The van der Waals surface area contributed by atoms with Crippen molar-refractivity contribution >= 4 is 11.6 Å². The number of hydrogen-bond donors (Lipinski definition) is 2. The molecule has 1 fully saturated rings. The molecule has 0 spiro atoms. The van der Waals surface area contributed by atoms with Gasteiger partial charge in [-0.2, -0.15) is 0 Å². The van der Waals surface area contributed by atoms with E-state index in [2.05, 4.69) is 15.5 Å². The van der Waals surface area contributed by atoms with Crippen molar-refractivity contribution in [3.63, 3.8) is 0 Å². The number of benzene rings is 1. The predicted molar refractivity (Wildman–Crippen MR) is 87.5 cm³/mol. The zero-order valence-corrected chi connectivity index (χ0v) is 13.2. The second kappa shape index (κ2) is 8.15. The van der Waals surface area contributed by atoms with Gasteiger partial charge in [-0.3, -0.25) is 9.69 Å². The molecule has 1 aromatic carbocycles. The van der Waals surface area contributed by atoms with Crippen molar-refractivity contribution in [2.24, 2.45) is 5.92 Å². The number of rotatable bonds is 6. The summed E-state index contributed by atoms with van der Waals surface area (Å²) in [5, 5.41) is 6.38. The van der Waals surface area contributed by atoms with Crippen LogP contribution in [0.5, 0.6) is 0 Å². The Morgan fingerprint density at radius 1 is 1.33 bits per heavy atom. The number of piperidine rings is 1. The third-order valence-corrected chi connectivity index (χ3v) is 4.21. The highest BCUT2D eigenvalue weighted by Gasteiger charge is 2.14. The molecule has 1 aromatic rings. The minimum Gasteiger partial charge on any atom is -0.325 e. The third kappa shape index (κ3) is 5.48. The molecule has 0 atom stereocenters. The number of amides is 1. The Kier molecular flexibility index (Phi) is 6.21. The van der Waals surface area contributed by atoms with Crippen LogP contribution in [0, 0.1) is 12.8 Å². The third-order valence-electron chi connectivity index (χ3n) is 4.21. The Hall–Kier alpha value is -1.39. The number of nitrogens with one attached hydrogen (secondary N) is 2. The second-order valence-corrected chi connectivity index (χ2v) is 6.08. The molecule has 4 heteroatoms. The van der Waals surface area contributed by atoms with Crippen molar-refractivity contribution in [1.82, 2.24) is 10.2 Å². The standard InChI is InChI=1S/C17H27N3O/c1-14-5-3-4-6-16(14)19-17(21)13-20(2)12-9-15-7-10-18-11-8-15/h3-6,15,18H,7-13H2,1-2H3,(H,19,21). The molecule has 1 heterocycles. The van der Waals surface area contributed by atoms with E-state index in [9.17, 15) is 4.79 Å². The molecule has 2 N–H and O–H groups in total. The highest BCUT2D eigenvalue weighted by molar-refractivity contribution is 5.92. The van der Waals surface area contributed by atoms with Crippen LogP contribution in [0.3, 0.4) is 0 Å². The predicted octanol–water partition coefficient (Wildman–Crippen LogP) is 2.26. The van der Waals surface area contributed by atoms with Crippen molar-refractivity contribution in [2.75, 3.05) is 38.5 Å². The Morgan fingerprint density at radius 2 is 2.05 bits per heavy atom. The molecule has 0 saturated carbocycles. The fraction of sp³-hybridized carbons (Fsp3) is 0.588. The minimum absolute atomic E-state index is 0.0668. The van der Waals surface area contributed by atoms with Gasteiger partial charge in [0.1, 0.15) is 0 Å². The Labute approximate surface area is 127 Å². The molecule has 0 radical (unpaired) electrons. The van der Waals surface area contributed by atoms with Gasteiger partial charge in [-0.25, -0.2) is 0 Å². The zero-order chi connectivity index (χ0) is 15.1. The van der Waals surface area contributed by atoms with Crippen LogP contribution in [0.1, 0.15) is 24.8 Å². The quantitative estimate of drug-likeness (QED) is 0.844. The first kappa shape index (κ1) is 16.0. The molecule has 1 aliphatic rings. The van der Waals surface area contributed by atoms with Crippen LogP contribution in [-0.4, -0.2) is 44.0 Å². The van der Waals surface area contributed by atoms with Gasteiger partial charge in [0, 0.05) is 5.69 Å². The van der Waals surface area contributed by atoms with Gasteiger partial charge >= 0.3 is 0 Å². The maximum absolute atomic E-state index is 12.1. The Balaban J connectivity index is 1.70. The zero-order valence-electron chi connectivity index (χ0n) is 13.2. The van der Waals surface area contributed by atoms with Crippen molar-refractivity contribution in [3.05, 3.63) is 29.8 Å². The molecule has 4 nitrogen and oxygen atoms in total. The first-order valence-corrected chi connectivity index (χ1v) is 7.90. The lowest BCUT2D eigenvalue weighted by atomic mass is 9.94. The van der Waals surface area contributed by atoms with Gasteiger partial charge in [0.15, 0.2) is 0 Å². The number of anilines is 1. The number of nitrogens with zero attached hydrogens (tertiary/aromatic N) is 1. The lowest BCUT2D eigenvalue weighted by Gasteiger charge is -2.25. The lowest BCUT2D eigenvalue weighted by Crippen LogP contribution is -2.33. The van der Waals surface area contributed by atoms with Crippen LogP contribution in [0.2, 0.25) is 0 Å². The summed E-state index contributed by atoms with van der Waals surface area (Å²) in [6.45, 7) is 5.74. The van der Waals surface area contributed by atoms with E-state index < -0.39 is 0 Å². The smallest absolute Gasteiger partial charge is 0.238 e. The van der Waals surface area contributed by atoms with E-state index in [4.69, 9.17) is 0 Å². The number of aryl methyl sites for hydroxylation is 1. The first-order chi connectivity index (χ1) is 10.1. The number of hydrogen-bond acceptors (Lipinski definition) is 3. The van der Waals surface area contributed by atoms with Gasteiger partial charge in [0.25, 0.3) is 0 Å². The number of likely N-dealkylation sites (N-methyl/N-ethyl adjacent to an activating group) is 1. The summed E-state index contributed by atoms with van der Waals surface area (Å²) in [7, 11) is 2.03. The fourth-order valence-corrected chi connectivity index (χ4v) is 2.80. The van der Waals surface area contributed by atoms with Gasteiger partial charge in [0.2, 0.25) is 5.91 Å². The van der Waals surface area contributed by atoms with Crippen molar-refractivity contribution < 1.29 is 4.79 Å². The van der Waals surface area contributed by atoms with E-state index in [0.717, 1.165) is 36.8 Å². The maximum atomic E-state index is 12.1. The summed E-state index contributed by atoms with van der Waals surface area (Å²) in [6.07, 6.45) is 3.72. The SMILES string of the molecule is Cc1ccccc1NC(=O)CN(C)CCC1CCNCC1. The summed E-state index contributed by atoms with van der Waals surface area (Å²) in [6, 6.07) is 7.89. The molecule has 2 rings (SSSR count). The minimum atomic E-state index is 0.0668. The largest absolute Gasteiger partial charge is 0.325 e. The van der Waals surface area contributed by atoms with E-state index in [1.807, 2.05) is 38.2 Å². The molecular weight excluding hydrogens is 262 g/mol. The van der Waals surface area contributed by atoms with Gasteiger partial charge in [-0.15, -0.1) is 0 Å². The molecule has 1 aliphatic heterocycles. The fourth-order valence-electron chi connectivity index (χ4n) is 2.80. The molecule has 0 bridgehead atoms. The van der Waals surface area contributed by atoms with Crippen LogP contribution < -0.4 is 10.6 Å². The highest BCUT2D eigenvalue weighted by Crippen LogP contribution is 2.16. The topological polar surface area (TPSA) is 44.4 Å². The normalized spacial score (nSPS) is 16.1. The molecule has 0 unspecified atom stereocenters. The average Bonchev–Trinajstić information content (AvgIpc) is 2.48. The van der Waals surface area contributed by atoms with Crippen LogP contribution in [0.4, 0.5) is 5.69 Å². The van der Waals surface area contributed by atoms with E-state index in [0.29, 0.717) is 6.54 Å². The van der Waals surface area contributed by atoms with Crippen molar-refractivity contribution in [3.8, 4) is 0 Å². The van der Waals surface area contributed by atoms with Gasteiger partial charge < -0.3 is 10.6 Å². The van der Waals surface area contributed by atoms with Gasteiger partial charge in [-0.05, 0) is 70.4 Å². The average molecular weight is 289 g/mol. The highest BCUT2D eigenvalue weighted by atomic mass is 16.2. The van der Waals surface area contributed by atoms with Crippen LogP contribution in [0.25, 0.3) is 0 Å². The number of para-hydroxylation sites is 1. The summed E-state index contributed by atoms with van der Waals surface area (Å²) < 4.78 is 0. The number of carbonyl (C=O) groups is 1. The van der Waals surface area contributed by atoms with E-state index in [1.54, 1.807) is 0 Å². The van der Waals surface area contributed by atoms with E-state index in [-0.39, 0.29) is 5.91 Å². The second-order valence-electron chi connectivity index (χ2n) is 6.08. The summed E-state index contributed by atoms with van der Waals surface area (Å²) in [4.78, 5) is 14.2. The summed E-state index contributed by atoms with van der Waals surface area (Å²) in [5.74, 6) is 0.880. The van der Waals surface area contributed by atoms with E-state index >= 15 is 0 Å². The van der Waals surface area contributed by atoms with Crippen LogP contribution in [-0.2, 0) is 4.79 Å². The molecule has 116 valence electrons. The summed E-state index contributed by atoms with van der Waals surface area (Å²) >= 11 is 0. The lowest BCUT2D eigenvalue weighted by molar-refractivity contribution is -0.117. The molecule has 1 saturated heterocycles. The maximum Gasteiger partial charge on any atom is 0.238 e. The van der Waals surface area contributed by atoms with Gasteiger partial charge in [-0.1, -0.05) is 18.2 Å².